The molecule has 7 heteroatoms. The van der Waals surface area contributed by atoms with Gasteiger partial charge in [0, 0.05) is 12.1 Å². The van der Waals surface area contributed by atoms with Crippen molar-refractivity contribution in [2.45, 2.75) is 58.9 Å². The number of carbonyl (C=O) groups excluding carboxylic acids is 2. The van der Waals surface area contributed by atoms with Gasteiger partial charge in [0.25, 0.3) is 11.7 Å². The van der Waals surface area contributed by atoms with Gasteiger partial charge in [-0.1, -0.05) is 62.6 Å². The predicted molar refractivity (Wildman–Crippen MR) is 151 cm³/mol. The Kier molecular flexibility index (Phi) is 10.8. The zero-order chi connectivity index (χ0) is 27.7. The molecule has 0 aliphatic carbocycles. The Morgan fingerprint density at radius 2 is 1.50 bits per heavy atom. The molecule has 1 aliphatic heterocycles. The molecule has 1 saturated heterocycles. The fourth-order valence-electron chi connectivity index (χ4n) is 4.91. The van der Waals surface area contributed by atoms with Crippen molar-refractivity contribution in [3.8, 4) is 11.5 Å². The number of likely N-dealkylation sites (tertiary alicyclic amines) is 1. The zero-order valence-electron chi connectivity index (χ0n) is 23.5. The molecule has 2 aromatic rings. The van der Waals surface area contributed by atoms with Crippen molar-refractivity contribution in [3.05, 3.63) is 64.7 Å². The Morgan fingerprint density at radius 3 is 2.08 bits per heavy atom. The first-order chi connectivity index (χ1) is 18.4. The third kappa shape index (κ3) is 6.76. The van der Waals surface area contributed by atoms with Crippen LogP contribution in [0.15, 0.2) is 48.0 Å². The minimum absolute atomic E-state index is 0.0971. The number of unbranched alkanes of at least 4 members (excludes halogenated alkanes) is 2. The largest absolute Gasteiger partial charge is 0.507 e. The van der Waals surface area contributed by atoms with Crippen LogP contribution in [0.1, 0.15) is 68.7 Å². The summed E-state index contributed by atoms with van der Waals surface area (Å²) in [5.74, 6) is -0.382. The lowest BCUT2D eigenvalue weighted by Gasteiger charge is -2.28. The van der Waals surface area contributed by atoms with Gasteiger partial charge in [-0.15, -0.1) is 0 Å². The zero-order valence-corrected chi connectivity index (χ0v) is 23.5. The maximum atomic E-state index is 13.4. The van der Waals surface area contributed by atoms with Gasteiger partial charge < -0.3 is 24.4 Å². The number of rotatable bonds is 14. The molecule has 1 amide bonds. The summed E-state index contributed by atoms with van der Waals surface area (Å²) >= 11 is 0. The van der Waals surface area contributed by atoms with E-state index in [4.69, 9.17) is 9.47 Å². The molecule has 1 N–H and O–H groups in total. The Labute approximate surface area is 227 Å². The van der Waals surface area contributed by atoms with E-state index in [1.165, 1.54) is 0 Å². The van der Waals surface area contributed by atoms with Crippen molar-refractivity contribution in [1.29, 1.82) is 0 Å². The third-order valence-electron chi connectivity index (χ3n) is 7.12. The van der Waals surface area contributed by atoms with Crippen LogP contribution >= 0.6 is 0 Å². The van der Waals surface area contributed by atoms with Crippen LogP contribution < -0.4 is 9.47 Å². The van der Waals surface area contributed by atoms with Crippen LogP contribution in [0.2, 0.25) is 0 Å². The Hall–Kier alpha value is -3.32. The van der Waals surface area contributed by atoms with Gasteiger partial charge in [0.1, 0.15) is 5.76 Å². The topological polar surface area (TPSA) is 79.3 Å². The quantitative estimate of drug-likeness (QED) is 0.194. The number of hydrogen-bond acceptors (Lipinski definition) is 6. The number of amides is 1. The van der Waals surface area contributed by atoms with Gasteiger partial charge in [-0.05, 0) is 63.5 Å². The average molecular weight is 523 g/mol. The summed E-state index contributed by atoms with van der Waals surface area (Å²) in [5.41, 5.74) is 2.32. The van der Waals surface area contributed by atoms with Crippen LogP contribution in [0.4, 0.5) is 0 Å². The summed E-state index contributed by atoms with van der Waals surface area (Å²) in [6, 6.07) is 11.9. The summed E-state index contributed by atoms with van der Waals surface area (Å²) in [6.45, 7) is 9.65. The second kappa shape index (κ2) is 14.0. The lowest BCUT2D eigenvalue weighted by molar-refractivity contribution is -0.140. The average Bonchev–Trinajstić information content (AvgIpc) is 3.18. The van der Waals surface area contributed by atoms with E-state index in [2.05, 4.69) is 18.7 Å². The molecule has 1 aliphatic rings. The van der Waals surface area contributed by atoms with Crippen LogP contribution in [-0.4, -0.2) is 67.0 Å². The first-order valence-corrected chi connectivity index (χ1v) is 13.7. The molecular formula is C31H42N2O5. The Morgan fingerprint density at radius 1 is 0.895 bits per heavy atom. The second-order valence-corrected chi connectivity index (χ2v) is 9.88. The van der Waals surface area contributed by atoms with E-state index in [0.717, 1.165) is 57.3 Å². The molecule has 0 bridgehead atoms. The molecule has 3 rings (SSSR count). The highest BCUT2D eigenvalue weighted by Gasteiger charge is 2.46. The molecule has 1 atom stereocenters. The van der Waals surface area contributed by atoms with E-state index < -0.39 is 17.7 Å². The van der Waals surface area contributed by atoms with E-state index in [9.17, 15) is 14.7 Å². The Bertz CT molecular complexity index is 1120. The molecule has 0 aromatic heterocycles. The van der Waals surface area contributed by atoms with Gasteiger partial charge in [0.05, 0.1) is 25.8 Å². The number of ether oxygens (including phenoxy) is 2. The molecule has 38 heavy (non-hydrogen) atoms. The number of methoxy groups -OCH3 is 2. The number of nitrogens with zero attached hydrogens (tertiary/aromatic N) is 2. The summed E-state index contributed by atoms with van der Waals surface area (Å²) in [7, 11) is 3.11. The van der Waals surface area contributed by atoms with Gasteiger partial charge in [0.2, 0.25) is 0 Å². The predicted octanol–water partition coefficient (Wildman–Crippen LogP) is 5.73. The molecule has 0 unspecified atom stereocenters. The van der Waals surface area contributed by atoms with E-state index in [1.807, 2.05) is 25.1 Å². The van der Waals surface area contributed by atoms with Gasteiger partial charge >= 0.3 is 0 Å². The molecule has 1 heterocycles. The smallest absolute Gasteiger partial charge is 0.295 e. The van der Waals surface area contributed by atoms with Gasteiger partial charge in [0.15, 0.2) is 11.5 Å². The molecular weight excluding hydrogens is 480 g/mol. The van der Waals surface area contributed by atoms with Gasteiger partial charge in [-0.25, -0.2) is 0 Å². The van der Waals surface area contributed by atoms with Crippen molar-refractivity contribution < 1.29 is 24.2 Å². The number of aliphatic hydroxyl groups is 1. The number of aliphatic hydroxyl groups excluding tert-OH is 1. The maximum Gasteiger partial charge on any atom is 0.295 e. The van der Waals surface area contributed by atoms with E-state index in [0.29, 0.717) is 29.2 Å². The van der Waals surface area contributed by atoms with Crippen molar-refractivity contribution in [2.75, 3.05) is 40.4 Å². The first kappa shape index (κ1) is 29.2. The SMILES string of the molecule is CCCCN(CCCC)CCCN1C(=O)C(=O)C(=C(O)c2ccc(C)cc2)[C@@H]1c1ccc(OC)c(OC)c1. The van der Waals surface area contributed by atoms with Gasteiger partial charge in [-0.2, -0.15) is 0 Å². The number of aryl methyl sites for hydroxylation is 1. The first-order valence-electron chi connectivity index (χ1n) is 13.7. The molecule has 2 aromatic carbocycles. The standard InChI is InChI=1S/C31H42N2O5/c1-6-8-17-32(18-9-7-2)19-10-20-33-28(24-15-16-25(37-4)26(21-24)38-5)27(30(35)31(33)36)29(34)23-13-11-22(3)12-14-23/h11-16,21,28,34H,6-10,17-20H2,1-5H3/t28-/m0/s1. The summed E-state index contributed by atoms with van der Waals surface area (Å²) in [4.78, 5) is 30.8. The molecule has 0 radical (unpaired) electrons. The van der Waals surface area contributed by atoms with Gasteiger partial charge in [-0.3, -0.25) is 9.59 Å². The van der Waals surface area contributed by atoms with Crippen LogP contribution in [-0.2, 0) is 9.59 Å². The van der Waals surface area contributed by atoms with Crippen LogP contribution in [0.3, 0.4) is 0 Å². The van der Waals surface area contributed by atoms with Crippen molar-refractivity contribution in [2.24, 2.45) is 0 Å². The van der Waals surface area contributed by atoms with E-state index in [-0.39, 0.29) is 11.3 Å². The van der Waals surface area contributed by atoms with Crippen molar-refractivity contribution >= 4 is 17.4 Å². The van der Waals surface area contributed by atoms with Crippen LogP contribution in [0, 0.1) is 6.92 Å². The fraction of sp³-hybridized carbons (Fsp3) is 0.484. The number of ketones is 1. The normalized spacial score (nSPS) is 16.9. The molecule has 7 nitrogen and oxygen atoms in total. The van der Waals surface area contributed by atoms with Crippen LogP contribution in [0.25, 0.3) is 5.76 Å². The highest BCUT2D eigenvalue weighted by Crippen LogP contribution is 2.42. The maximum absolute atomic E-state index is 13.4. The minimum atomic E-state index is -0.726. The summed E-state index contributed by atoms with van der Waals surface area (Å²) in [5, 5.41) is 11.3. The summed E-state index contributed by atoms with van der Waals surface area (Å²) in [6.07, 6.45) is 5.27. The number of Topliss-reactive ketones (excluding diaryl/α,β-unsaturated/α-hetero) is 1. The van der Waals surface area contributed by atoms with Crippen molar-refractivity contribution in [1.82, 2.24) is 9.80 Å². The van der Waals surface area contributed by atoms with E-state index >= 15 is 0 Å². The molecule has 206 valence electrons. The summed E-state index contributed by atoms with van der Waals surface area (Å²) < 4.78 is 10.9. The highest BCUT2D eigenvalue weighted by atomic mass is 16.5. The monoisotopic (exact) mass is 522 g/mol. The number of benzene rings is 2. The third-order valence-corrected chi connectivity index (χ3v) is 7.12. The van der Waals surface area contributed by atoms with E-state index in [1.54, 1.807) is 43.4 Å². The molecule has 1 fully saturated rings. The fourth-order valence-corrected chi connectivity index (χ4v) is 4.91. The molecule has 0 saturated carbocycles. The second-order valence-electron chi connectivity index (χ2n) is 9.88. The number of carbonyl (C=O) groups is 2. The molecule has 0 spiro atoms. The van der Waals surface area contributed by atoms with Crippen LogP contribution in [0.5, 0.6) is 11.5 Å². The number of hydrogen-bond donors (Lipinski definition) is 1. The lowest BCUT2D eigenvalue weighted by Crippen LogP contribution is -2.34. The highest BCUT2D eigenvalue weighted by molar-refractivity contribution is 6.46. The Balaban J connectivity index is 1.98. The van der Waals surface area contributed by atoms with Crippen molar-refractivity contribution in [3.63, 3.8) is 0 Å². The lowest BCUT2D eigenvalue weighted by atomic mass is 9.94. The minimum Gasteiger partial charge on any atom is -0.507 e.